The lowest BCUT2D eigenvalue weighted by molar-refractivity contribution is 0.243. The maximum absolute atomic E-state index is 6.12. The van der Waals surface area contributed by atoms with Gasteiger partial charge in [0.1, 0.15) is 0 Å². The van der Waals surface area contributed by atoms with E-state index < -0.39 is 8.32 Å². The first-order valence-corrected chi connectivity index (χ1v) is 9.26. The SMILES string of the molecule is C[C@H](C=C(Br)Br)O[Si](C)(C)C(C)(C)C. The first kappa shape index (κ1) is 14.9. The smallest absolute Gasteiger partial charge is 0.192 e. The van der Waals surface area contributed by atoms with Gasteiger partial charge in [0.05, 0.1) is 9.50 Å². The van der Waals surface area contributed by atoms with Gasteiger partial charge in [-0.05, 0) is 63.0 Å². The Balaban J connectivity index is 4.45. The third-order valence-corrected chi connectivity index (χ3v) is 7.75. The fourth-order valence-corrected chi connectivity index (χ4v) is 2.95. The molecule has 0 aliphatic heterocycles. The van der Waals surface area contributed by atoms with E-state index >= 15 is 0 Å². The molecule has 0 fully saturated rings. The van der Waals surface area contributed by atoms with E-state index in [2.05, 4.69) is 72.6 Å². The number of rotatable bonds is 3. The minimum absolute atomic E-state index is 0.157. The summed E-state index contributed by atoms with van der Waals surface area (Å²) in [5.74, 6) is 0. The van der Waals surface area contributed by atoms with Crippen LogP contribution in [0, 0.1) is 0 Å². The molecule has 0 radical (unpaired) electrons. The summed E-state index contributed by atoms with van der Waals surface area (Å²) in [7, 11) is -1.62. The second-order valence-corrected chi connectivity index (χ2v) is 12.6. The average Bonchev–Trinajstić information content (AvgIpc) is 1.79. The predicted molar refractivity (Wildman–Crippen MR) is 73.7 cm³/mol. The lowest BCUT2D eigenvalue weighted by Crippen LogP contribution is -2.42. The molecule has 0 heterocycles. The zero-order valence-electron chi connectivity index (χ0n) is 9.82. The van der Waals surface area contributed by atoms with Crippen LogP contribution in [0.3, 0.4) is 0 Å². The molecule has 1 nitrogen and oxygen atoms in total. The summed E-state index contributed by atoms with van der Waals surface area (Å²) in [6.45, 7) is 13.3. The molecule has 0 N–H and O–H groups in total. The summed E-state index contributed by atoms with van der Waals surface area (Å²) >= 11 is 6.69. The summed E-state index contributed by atoms with van der Waals surface area (Å²) in [5, 5.41) is 0.272. The van der Waals surface area contributed by atoms with Crippen LogP contribution in [0.5, 0.6) is 0 Å². The Morgan fingerprint density at radius 3 is 2.00 bits per heavy atom. The molecule has 0 saturated heterocycles. The molecule has 0 saturated carbocycles. The lowest BCUT2D eigenvalue weighted by atomic mass is 10.2. The van der Waals surface area contributed by atoms with Crippen LogP contribution in [0.1, 0.15) is 27.7 Å². The summed E-state index contributed by atoms with van der Waals surface area (Å²) < 4.78 is 7.07. The Labute approximate surface area is 106 Å². The Hall–Kier alpha value is 0.877. The molecule has 0 aliphatic rings. The minimum atomic E-state index is -1.62. The summed E-state index contributed by atoms with van der Waals surface area (Å²) in [4.78, 5) is 0. The first-order valence-electron chi connectivity index (χ1n) is 4.77. The molecule has 0 aromatic rings. The number of halogens is 2. The second-order valence-electron chi connectivity index (χ2n) is 5.04. The van der Waals surface area contributed by atoms with E-state index in [1.807, 2.05) is 6.08 Å². The summed E-state index contributed by atoms with van der Waals surface area (Å²) in [6, 6.07) is 0. The highest BCUT2D eigenvalue weighted by molar-refractivity contribution is 9.28. The first-order chi connectivity index (χ1) is 6.06. The normalized spacial score (nSPS) is 15.1. The Kier molecular flexibility index (Phi) is 5.61. The molecule has 4 heteroatoms. The molecule has 0 aliphatic carbocycles. The molecular weight excluding hydrogens is 324 g/mol. The highest BCUT2D eigenvalue weighted by Gasteiger charge is 2.38. The zero-order chi connectivity index (χ0) is 11.6. The molecule has 0 bridgehead atoms. The van der Waals surface area contributed by atoms with Gasteiger partial charge in [-0.25, -0.2) is 0 Å². The molecular formula is C10H20Br2OSi. The van der Waals surface area contributed by atoms with Crippen molar-refractivity contribution in [3.63, 3.8) is 0 Å². The van der Waals surface area contributed by atoms with E-state index in [4.69, 9.17) is 4.43 Å². The maximum atomic E-state index is 6.12. The van der Waals surface area contributed by atoms with Gasteiger partial charge in [-0.1, -0.05) is 20.8 Å². The third-order valence-electron chi connectivity index (χ3n) is 2.65. The highest BCUT2D eigenvalue weighted by Crippen LogP contribution is 2.37. The van der Waals surface area contributed by atoms with Crippen molar-refractivity contribution >= 4 is 40.2 Å². The van der Waals surface area contributed by atoms with Gasteiger partial charge >= 0.3 is 0 Å². The Bertz CT molecular complexity index is 215. The monoisotopic (exact) mass is 342 g/mol. The third kappa shape index (κ3) is 5.10. The van der Waals surface area contributed by atoms with Crippen molar-refractivity contribution in [2.45, 2.75) is 51.9 Å². The van der Waals surface area contributed by atoms with Gasteiger partial charge in [0.25, 0.3) is 0 Å². The van der Waals surface area contributed by atoms with Crippen LogP contribution in [-0.4, -0.2) is 14.4 Å². The number of hydrogen-bond donors (Lipinski definition) is 0. The molecule has 0 aromatic carbocycles. The Morgan fingerprint density at radius 2 is 1.71 bits per heavy atom. The van der Waals surface area contributed by atoms with Gasteiger partial charge in [-0.3, -0.25) is 0 Å². The van der Waals surface area contributed by atoms with Gasteiger partial charge in [-0.2, -0.15) is 0 Å². The maximum Gasteiger partial charge on any atom is 0.192 e. The van der Waals surface area contributed by atoms with E-state index in [1.54, 1.807) is 0 Å². The molecule has 84 valence electrons. The fraction of sp³-hybridized carbons (Fsp3) is 0.800. The predicted octanol–water partition coefficient (Wildman–Crippen LogP) is 5.03. The molecule has 0 spiro atoms. The van der Waals surface area contributed by atoms with Crippen LogP contribution in [0.2, 0.25) is 18.1 Å². The van der Waals surface area contributed by atoms with Crippen molar-refractivity contribution in [2.24, 2.45) is 0 Å². The van der Waals surface area contributed by atoms with Gasteiger partial charge in [-0.15, -0.1) is 0 Å². The van der Waals surface area contributed by atoms with Crippen molar-refractivity contribution in [1.82, 2.24) is 0 Å². The average molecular weight is 344 g/mol. The van der Waals surface area contributed by atoms with Crippen LogP contribution >= 0.6 is 31.9 Å². The molecule has 0 aromatic heterocycles. The van der Waals surface area contributed by atoms with Crippen LogP contribution in [0.4, 0.5) is 0 Å². The van der Waals surface area contributed by atoms with E-state index in [0.717, 1.165) is 3.39 Å². The summed E-state index contributed by atoms with van der Waals surface area (Å²) in [5.41, 5.74) is 0. The van der Waals surface area contributed by atoms with Gasteiger partial charge < -0.3 is 4.43 Å². The zero-order valence-corrected chi connectivity index (χ0v) is 14.0. The van der Waals surface area contributed by atoms with Crippen molar-refractivity contribution < 1.29 is 4.43 Å². The highest BCUT2D eigenvalue weighted by atomic mass is 79.9. The van der Waals surface area contributed by atoms with Crippen LogP contribution in [0.25, 0.3) is 0 Å². The molecule has 0 rings (SSSR count). The van der Waals surface area contributed by atoms with E-state index in [9.17, 15) is 0 Å². The van der Waals surface area contributed by atoms with Crippen molar-refractivity contribution in [2.75, 3.05) is 0 Å². The van der Waals surface area contributed by atoms with Crippen LogP contribution in [0.15, 0.2) is 9.47 Å². The van der Waals surface area contributed by atoms with Gasteiger partial charge in [0.15, 0.2) is 8.32 Å². The molecule has 14 heavy (non-hydrogen) atoms. The quantitative estimate of drug-likeness (QED) is 0.653. The van der Waals surface area contributed by atoms with E-state index in [-0.39, 0.29) is 11.1 Å². The van der Waals surface area contributed by atoms with E-state index in [0.29, 0.717) is 0 Å². The standard InChI is InChI=1S/C10H20Br2OSi/c1-8(7-9(11)12)13-14(5,6)10(2,3)4/h7-8H,1-6H3/t8-/m1/s1. The van der Waals surface area contributed by atoms with Crippen molar-refractivity contribution in [3.8, 4) is 0 Å². The Morgan fingerprint density at radius 1 is 1.29 bits per heavy atom. The second kappa shape index (κ2) is 5.28. The molecule has 0 unspecified atom stereocenters. The molecule has 1 atom stereocenters. The summed E-state index contributed by atoms with van der Waals surface area (Å²) in [6.07, 6.45) is 2.19. The topological polar surface area (TPSA) is 9.23 Å². The largest absolute Gasteiger partial charge is 0.411 e. The van der Waals surface area contributed by atoms with Crippen molar-refractivity contribution in [3.05, 3.63) is 9.47 Å². The number of hydrogen-bond acceptors (Lipinski definition) is 1. The fourth-order valence-electron chi connectivity index (χ4n) is 0.853. The van der Waals surface area contributed by atoms with Crippen LogP contribution < -0.4 is 0 Å². The van der Waals surface area contributed by atoms with Gasteiger partial charge in [0, 0.05) is 0 Å². The van der Waals surface area contributed by atoms with Gasteiger partial charge in [0.2, 0.25) is 0 Å². The lowest BCUT2D eigenvalue weighted by Gasteiger charge is -2.37. The van der Waals surface area contributed by atoms with Crippen LogP contribution in [-0.2, 0) is 4.43 Å². The minimum Gasteiger partial charge on any atom is -0.411 e. The molecule has 0 amide bonds. The van der Waals surface area contributed by atoms with E-state index in [1.165, 1.54) is 0 Å². The van der Waals surface area contributed by atoms with Crippen molar-refractivity contribution in [1.29, 1.82) is 0 Å².